The van der Waals surface area contributed by atoms with Crippen molar-refractivity contribution in [3.63, 3.8) is 0 Å². The van der Waals surface area contributed by atoms with Crippen LogP contribution in [-0.2, 0) is 19.1 Å². The number of nitro benzene ring substituents is 1. The Labute approximate surface area is 158 Å². The normalized spacial score (nSPS) is 10.4. The summed E-state index contributed by atoms with van der Waals surface area (Å²) in [6, 6.07) is 5.79. The van der Waals surface area contributed by atoms with Crippen LogP contribution in [0.1, 0.15) is 29.4 Å². The number of benzene rings is 1. The van der Waals surface area contributed by atoms with E-state index in [1.165, 1.54) is 18.2 Å². The highest BCUT2D eigenvalue weighted by Gasteiger charge is 2.15. The van der Waals surface area contributed by atoms with Crippen molar-refractivity contribution in [3.05, 3.63) is 39.3 Å². The Kier molecular flexibility index (Phi) is 7.24. The molecule has 0 aliphatic heterocycles. The first-order valence-electron chi connectivity index (χ1n) is 8.18. The van der Waals surface area contributed by atoms with E-state index in [1.807, 2.05) is 0 Å². The van der Waals surface area contributed by atoms with E-state index >= 15 is 0 Å². The Morgan fingerprint density at radius 2 is 2.00 bits per heavy atom. The number of ether oxygens (including phenoxy) is 2. The van der Waals surface area contributed by atoms with Crippen molar-refractivity contribution in [1.82, 2.24) is 5.32 Å². The number of non-ortho nitro benzene ring substituents is 1. The molecule has 0 bridgehead atoms. The van der Waals surface area contributed by atoms with Gasteiger partial charge >= 0.3 is 11.9 Å². The van der Waals surface area contributed by atoms with Crippen molar-refractivity contribution in [2.45, 2.75) is 19.8 Å². The predicted octanol–water partition coefficient (Wildman–Crippen LogP) is 2.43. The average Bonchev–Trinajstić information content (AvgIpc) is 3.06. The Hall–Kier alpha value is -3.01. The smallest absolute Gasteiger partial charge is 0.348 e. The molecule has 1 heterocycles. The van der Waals surface area contributed by atoms with Crippen LogP contribution in [-0.4, -0.2) is 42.5 Å². The lowest BCUT2D eigenvalue weighted by molar-refractivity contribution is -0.384. The fourth-order valence-corrected chi connectivity index (χ4v) is 3.13. The van der Waals surface area contributed by atoms with Crippen molar-refractivity contribution in [1.29, 1.82) is 0 Å². The molecule has 1 aromatic heterocycles. The summed E-state index contributed by atoms with van der Waals surface area (Å²) >= 11 is 1.13. The summed E-state index contributed by atoms with van der Waals surface area (Å²) in [5, 5.41) is 13.9. The van der Waals surface area contributed by atoms with Crippen LogP contribution in [0.2, 0.25) is 0 Å². The molecule has 0 aliphatic carbocycles. The van der Waals surface area contributed by atoms with E-state index in [4.69, 9.17) is 9.47 Å². The zero-order valence-corrected chi connectivity index (χ0v) is 15.4. The molecule has 10 heteroatoms. The fraction of sp³-hybridized carbons (Fsp3) is 0.353. The minimum Gasteiger partial charge on any atom is -0.466 e. The molecule has 2 aromatic rings. The van der Waals surface area contributed by atoms with E-state index in [-0.39, 0.29) is 29.5 Å². The molecule has 0 atom stereocenters. The van der Waals surface area contributed by atoms with Gasteiger partial charge in [-0.2, -0.15) is 0 Å². The molecule has 0 aliphatic rings. The van der Waals surface area contributed by atoms with Gasteiger partial charge in [0.25, 0.3) is 11.6 Å². The van der Waals surface area contributed by atoms with Gasteiger partial charge in [-0.25, -0.2) is 4.79 Å². The van der Waals surface area contributed by atoms with Gasteiger partial charge in [0, 0.05) is 35.2 Å². The van der Waals surface area contributed by atoms with Crippen molar-refractivity contribution in [2.75, 3.05) is 19.8 Å². The first kappa shape index (κ1) is 20.3. The molecule has 2 rings (SSSR count). The number of nitro groups is 1. The number of nitrogens with one attached hydrogen (secondary N) is 1. The zero-order valence-electron chi connectivity index (χ0n) is 14.6. The third-order valence-electron chi connectivity index (χ3n) is 3.43. The molecule has 0 unspecified atom stereocenters. The van der Waals surface area contributed by atoms with Gasteiger partial charge in [-0.1, -0.05) is 0 Å². The quantitative estimate of drug-likeness (QED) is 0.300. The van der Waals surface area contributed by atoms with Gasteiger partial charge in [0.15, 0.2) is 6.61 Å². The maximum absolute atomic E-state index is 12.0. The molecule has 0 saturated carbocycles. The molecule has 27 heavy (non-hydrogen) atoms. The lowest BCUT2D eigenvalue weighted by atomic mass is 10.2. The third kappa shape index (κ3) is 6.03. The Morgan fingerprint density at radius 1 is 1.22 bits per heavy atom. The number of nitrogens with zero attached hydrogens (tertiary/aromatic N) is 1. The van der Waals surface area contributed by atoms with Gasteiger partial charge in [0.1, 0.15) is 4.88 Å². The maximum atomic E-state index is 12.0. The van der Waals surface area contributed by atoms with E-state index in [9.17, 15) is 24.5 Å². The molecular formula is C17H18N2O7S. The fourth-order valence-electron chi connectivity index (χ4n) is 2.19. The van der Waals surface area contributed by atoms with E-state index in [0.717, 1.165) is 11.3 Å². The van der Waals surface area contributed by atoms with Crippen LogP contribution in [0.4, 0.5) is 5.69 Å². The second-order valence-corrected chi connectivity index (χ2v) is 6.51. The van der Waals surface area contributed by atoms with E-state index in [1.54, 1.807) is 13.0 Å². The van der Waals surface area contributed by atoms with Gasteiger partial charge in [-0.3, -0.25) is 19.7 Å². The summed E-state index contributed by atoms with van der Waals surface area (Å²) in [4.78, 5) is 45.4. The van der Waals surface area contributed by atoms with Crippen LogP contribution in [0, 0.1) is 10.1 Å². The molecular weight excluding hydrogens is 376 g/mol. The van der Waals surface area contributed by atoms with Gasteiger partial charge in [0.05, 0.1) is 11.5 Å². The van der Waals surface area contributed by atoms with Crippen LogP contribution >= 0.6 is 11.3 Å². The van der Waals surface area contributed by atoms with Gasteiger partial charge in [-0.05, 0) is 25.5 Å². The SMILES string of the molecule is CCOC(=O)CCCNC(=O)COC(=O)c1cc2cc([N+](=O)[O-])ccc2s1. The van der Waals surface area contributed by atoms with Crippen LogP contribution in [0.5, 0.6) is 0 Å². The summed E-state index contributed by atoms with van der Waals surface area (Å²) in [5.74, 6) is -1.49. The monoisotopic (exact) mass is 394 g/mol. The minimum atomic E-state index is -0.680. The van der Waals surface area contributed by atoms with Crippen molar-refractivity contribution >= 4 is 45.0 Å². The van der Waals surface area contributed by atoms with E-state index < -0.39 is 23.4 Å². The molecule has 0 radical (unpaired) electrons. The zero-order chi connectivity index (χ0) is 19.8. The summed E-state index contributed by atoms with van der Waals surface area (Å²) in [6.07, 6.45) is 0.620. The van der Waals surface area contributed by atoms with E-state index in [2.05, 4.69) is 5.32 Å². The highest BCUT2D eigenvalue weighted by molar-refractivity contribution is 7.20. The lowest BCUT2D eigenvalue weighted by Gasteiger charge is -2.05. The number of fused-ring (bicyclic) bond motifs is 1. The summed E-state index contributed by atoms with van der Waals surface area (Å²) in [6.45, 7) is 1.84. The summed E-state index contributed by atoms with van der Waals surface area (Å²) < 4.78 is 10.4. The first-order valence-corrected chi connectivity index (χ1v) is 8.99. The third-order valence-corrected chi connectivity index (χ3v) is 4.53. The number of esters is 2. The number of rotatable bonds is 9. The highest BCUT2D eigenvalue weighted by Crippen LogP contribution is 2.29. The number of thiophene rings is 1. The molecule has 1 amide bonds. The maximum Gasteiger partial charge on any atom is 0.348 e. The molecule has 1 N–H and O–H groups in total. The molecule has 9 nitrogen and oxygen atoms in total. The van der Waals surface area contributed by atoms with Crippen LogP contribution < -0.4 is 5.32 Å². The molecule has 0 spiro atoms. The number of hydrogen-bond donors (Lipinski definition) is 1. The van der Waals surface area contributed by atoms with Crippen molar-refractivity contribution < 1.29 is 28.8 Å². The van der Waals surface area contributed by atoms with Gasteiger partial charge in [-0.15, -0.1) is 11.3 Å². The number of amides is 1. The Bertz CT molecular complexity index is 862. The molecule has 0 fully saturated rings. The molecule has 144 valence electrons. The second kappa shape index (κ2) is 9.62. The highest BCUT2D eigenvalue weighted by atomic mass is 32.1. The standard InChI is InChI=1S/C17H18N2O7S/c1-2-25-16(21)4-3-7-18-15(20)10-26-17(22)14-9-11-8-12(19(23)24)5-6-13(11)27-14/h5-6,8-9H,2-4,7,10H2,1H3,(H,18,20). The molecule has 1 aromatic carbocycles. The lowest BCUT2D eigenvalue weighted by Crippen LogP contribution is -2.29. The predicted molar refractivity (Wildman–Crippen MR) is 97.6 cm³/mol. The number of carbonyl (C=O) groups is 3. The minimum absolute atomic E-state index is 0.0672. The van der Waals surface area contributed by atoms with Gasteiger partial charge in [0.2, 0.25) is 0 Å². The van der Waals surface area contributed by atoms with Crippen LogP contribution in [0.25, 0.3) is 10.1 Å². The summed E-state index contributed by atoms with van der Waals surface area (Å²) in [7, 11) is 0. The summed E-state index contributed by atoms with van der Waals surface area (Å²) in [5.41, 5.74) is -0.0672. The molecule has 0 saturated heterocycles. The van der Waals surface area contributed by atoms with E-state index in [0.29, 0.717) is 23.1 Å². The van der Waals surface area contributed by atoms with Crippen molar-refractivity contribution in [3.8, 4) is 0 Å². The van der Waals surface area contributed by atoms with Gasteiger partial charge < -0.3 is 14.8 Å². The second-order valence-electron chi connectivity index (χ2n) is 5.42. The Balaban J connectivity index is 1.79. The van der Waals surface area contributed by atoms with Crippen LogP contribution in [0.3, 0.4) is 0 Å². The first-order chi connectivity index (χ1) is 12.9. The Morgan fingerprint density at radius 3 is 2.70 bits per heavy atom. The van der Waals surface area contributed by atoms with Crippen LogP contribution in [0.15, 0.2) is 24.3 Å². The number of hydrogen-bond acceptors (Lipinski definition) is 8. The topological polar surface area (TPSA) is 125 Å². The average molecular weight is 394 g/mol. The van der Waals surface area contributed by atoms with Crippen molar-refractivity contribution in [2.24, 2.45) is 0 Å². The number of carbonyl (C=O) groups excluding carboxylic acids is 3. The largest absolute Gasteiger partial charge is 0.466 e.